The Labute approximate surface area is 298 Å². The summed E-state index contributed by atoms with van der Waals surface area (Å²) in [7, 11) is 0. The first-order valence-corrected chi connectivity index (χ1v) is 17.5. The third-order valence-electron chi connectivity index (χ3n) is 9.43. The molecule has 2 heterocycles. The van der Waals surface area contributed by atoms with Gasteiger partial charge < -0.3 is 4.42 Å². The number of hydrogen-bond donors (Lipinski definition) is 0. The molecule has 8 rings (SSSR count). The molecule has 0 aliphatic rings. The molecule has 0 unspecified atom stereocenters. The summed E-state index contributed by atoms with van der Waals surface area (Å²) in [6.07, 6.45) is 0. The van der Waals surface area contributed by atoms with E-state index < -0.39 is 0 Å². The van der Waals surface area contributed by atoms with Crippen LogP contribution >= 0.6 is 0 Å². The molecule has 0 bridgehead atoms. The minimum Gasteiger partial charge on any atom is -0.436 e. The lowest BCUT2D eigenvalue weighted by Crippen LogP contribution is -2.00. The number of nitrogens with zero attached hydrogens (tertiary/aromatic N) is 4. The molecule has 0 saturated carbocycles. The summed E-state index contributed by atoms with van der Waals surface area (Å²) >= 11 is 0. The normalized spacial score (nSPS) is 11.5. The van der Waals surface area contributed by atoms with Gasteiger partial charge in [-0.2, -0.15) is 0 Å². The van der Waals surface area contributed by atoms with Crippen LogP contribution in [-0.4, -0.2) is 19.9 Å². The molecule has 0 amide bonds. The van der Waals surface area contributed by atoms with Crippen molar-refractivity contribution in [1.82, 2.24) is 19.9 Å². The zero-order chi connectivity index (χ0) is 34.9. The van der Waals surface area contributed by atoms with Gasteiger partial charge in [0.25, 0.3) is 0 Å². The Morgan fingerprint density at radius 3 is 1.06 bits per heavy atom. The van der Waals surface area contributed by atoms with Crippen LogP contribution in [0.3, 0.4) is 0 Å². The van der Waals surface area contributed by atoms with Gasteiger partial charge in [-0.25, -0.2) is 19.9 Å². The fraction of sp³-hybridized carbons (Fsp3) is 0.130. The largest absolute Gasteiger partial charge is 0.436 e. The minimum absolute atomic E-state index is 0.499. The van der Waals surface area contributed by atoms with Crippen molar-refractivity contribution in [3.05, 3.63) is 157 Å². The zero-order valence-electron chi connectivity index (χ0n) is 29.2. The van der Waals surface area contributed by atoms with Crippen molar-refractivity contribution in [2.24, 2.45) is 0 Å². The molecule has 0 N–H and O–H groups in total. The maximum absolute atomic E-state index is 6.02. The molecule has 51 heavy (non-hydrogen) atoms. The molecule has 0 radical (unpaired) electrons. The van der Waals surface area contributed by atoms with E-state index in [0.29, 0.717) is 35.2 Å². The van der Waals surface area contributed by atoms with Crippen molar-refractivity contribution < 1.29 is 4.42 Å². The van der Waals surface area contributed by atoms with Crippen molar-refractivity contribution in [3.63, 3.8) is 0 Å². The Morgan fingerprint density at radius 1 is 0.353 bits per heavy atom. The predicted octanol–water partition coefficient (Wildman–Crippen LogP) is 12.3. The second-order valence-electron chi connectivity index (χ2n) is 13.6. The number of aromatic nitrogens is 4. The Hall–Kier alpha value is -6.20. The molecule has 248 valence electrons. The number of hydrogen-bond acceptors (Lipinski definition) is 5. The third kappa shape index (κ3) is 6.71. The number of benzene rings is 6. The van der Waals surface area contributed by atoms with Crippen LogP contribution in [0.1, 0.15) is 50.7 Å². The van der Waals surface area contributed by atoms with E-state index in [1.165, 1.54) is 22.3 Å². The van der Waals surface area contributed by atoms with E-state index >= 15 is 0 Å². The van der Waals surface area contributed by atoms with Crippen LogP contribution in [0.15, 0.2) is 150 Å². The highest BCUT2D eigenvalue weighted by atomic mass is 16.3. The monoisotopic (exact) mass is 662 g/mol. The zero-order valence-corrected chi connectivity index (χ0v) is 29.2. The molecular weight excluding hydrogens is 625 g/mol. The Balaban J connectivity index is 1.15. The first kappa shape index (κ1) is 32.0. The lowest BCUT2D eigenvalue weighted by atomic mass is 9.98. The van der Waals surface area contributed by atoms with Gasteiger partial charge in [0.15, 0.2) is 23.1 Å². The van der Waals surface area contributed by atoms with Gasteiger partial charge in [-0.3, -0.25) is 0 Å². The number of para-hydroxylation sites is 2. The fourth-order valence-electron chi connectivity index (χ4n) is 6.27. The van der Waals surface area contributed by atoms with Crippen LogP contribution in [0.2, 0.25) is 0 Å². The third-order valence-corrected chi connectivity index (χ3v) is 9.43. The molecule has 0 spiro atoms. The van der Waals surface area contributed by atoms with Crippen LogP contribution in [0.4, 0.5) is 0 Å². The van der Waals surface area contributed by atoms with Gasteiger partial charge in [-0.05, 0) is 69.5 Å². The first-order chi connectivity index (χ1) is 24.9. The molecule has 6 aromatic carbocycles. The maximum Gasteiger partial charge on any atom is 0.227 e. The Bertz CT molecular complexity index is 2280. The topological polar surface area (TPSA) is 64.7 Å². The lowest BCUT2D eigenvalue weighted by molar-refractivity contribution is 0.620. The van der Waals surface area contributed by atoms with E-state index in [1.54, 1.807) is 0 Å². The van der Waals surface area contributed by atoms with Crippen LogP contribution in [-0.2, 0) is 0 Å². The Kier molecular flexibility index (Phi) is 8.54. The van der Waals surface area contributed by atoms with E-state index in [0.717, 1.165) is 44.5 Å². The standard InChI is InChI=1S/C46H38N4O/c1-29(2)31-9-13-33(14-10-31)35-17-21-37(22-18-35)43-48-44(38-23-19-36(20-24-38)34-15-11-32(12-16-34)30(3)4)50-45(49-43)39-25-27-40(28-26-39)46-47-41-7-5-6-8-42(41)51-46/h5-30H,1-4H3. The molecule has 0 atom stereocenters. The van der Waals surface area contributed by atoms with Crippen molar-refractivity contribution in [1.29, 1.82) is 0 Å². The second kappa shape index (κ2) is 13.6. The van der Waals surface area contributed by atoms with Gasteiger partial charge in [-0.1, -0.05) is 149 Å². The van der Waals surface area contributed by atoms with E-state index in [4.69, 9.17) is 19.4 Å². The van der Waals surface area contributed by atoms with E-state index in [-0.39, 0.29) is 0 Å². The SMILES string of the molecule is CC(C)c1ccc(-c2ccc(-c3nc(-c4ccc(-c5ccc(C(C)C)cc5)cc4)nc(-c4ccc(-c5nc6ccccc6o5)cc4)n3)cc2)cc1. The molecular formula is C46H38N4O. The maximum atomic E-state index is 6.02. The van der Waals surface area contributed by atoms with Gasteiger partial charge in [0.2, 0.25) is 5.89 Å². The number of rotatable bonds is 8. The summed E-state index contributed by atoms with van der Waals surface area (Å²) < 4.78 is 6.02. The van der Waals surface area contributed by atoms with Crippen LogP contribution in [0.25, 0.3) is 79.0 Å². The van der Waals surface area contributed by atoms with Crippen LogP contribution in [0.5, 0.6) is 0 Å². The summed E-state index contributed by atoms with van der Waals surface area (Å²) in [5.74, 6) is 3.41. The molecule has 0 aliphatic carbocycles. The highest BCUT2D eigenvalue weighted by Gasteiger charge is 2.15. The van der Waals surface area contributed by atoms with Gasteiger partial charge >= 0.3 is 0 Å². The quantitative estimate of drug-likeness (QED) is 0.162. The van der Waals surface area contributed by atoms with Crippen LogP contribution < -0.4 is 0 Å². The average Bonchev–Trinajstić information content (AvgIpc) is 3.63. The summed E-state index contributed by atoms with van der Waals surface area (Å²) in [4.78, 5) is 19.7. The highest BCUT2D eigenvalue weighted by Crippen LogP contribution is 2.31. The van der Waals surface area contributed by atoms with Gasteiger partial charge in [0, 0.05) is 22.3 Å². The summed E-state index contributed by atoms with van der Waals surface area (Å²) in [5, 5.41) is 0. The fourth-order valence-corrected chi connectivity index (χ4v) is 6.27. The predicted molar refractivity (Wildman–Crippen MR) is 208 cm³/mol. The van der Waals surface area contributed by atoms with E-state index in [1.807, 2.05) is 48.5 Å². The van der Waals surface area contributed by atoms with E-state index in [9.17, 15) is 0 Å². The van der Waals surface area contributed by atoms with Crippen molar-refractivity contribution in [2.75, 3.05) is 0 Å². The van der Waals surface area contributed by atoms with Gasteiger partial charge in [-0.15, -0.1) is 0 Å². The molecule has 2 aromatic heterocycles. The summed E-state index contributed by atoms with van der Waals surface area (Å²) in [6, 6.07) is 50.3. The van der Waals surface area contributed by atoms with Gasteiger partial charge in [0.05, 0.1) is 0 Å². The smallest absolute Gasteiger partial charge is 0.227 e. The second-order valence-corrected chi connectivity index (χ2v) is 13.6. The molecule has 0 aliphatic heterocycles. The van der Waals surface area contributed by atoms with Crippen molar-refractivity contribution >= 4 is 11.1 Å². The molecule has 5 heteroatoms. The van der Waals surface area contributed by atoms with Gasteiger partial charge in [0.1, 0.15) is 5.52 Å². The van der Waals surface area contributed by atoms with Crippen molar-refractivity contribution in [2.45, 2.75) is 39.5 Å². The average molecular weight is 663 g/mol. The summed E-state index contributed by atoms with van der Waals surface area (Å²) in [5.41, 5.74) is 12.5. The number of fused-ring (bicyclic) bond motifs is 1. The summed E-state index contributed by atoms with van der Waals surface area (Å²) in [6.45, 7) is 8.86. The molecule has 0 saturated heterocycles. The number of oxazole rings is 1. The first-order valence-electron chi connectivity index (χ1n) is 17.5. The lowest BCUT2D eigenvalue weighted by Gasteiger charge is -2.11. The van der Waals surface area contributed by atoms with Crippen LogP contribution in [0, 0.1) is 0 Å². The van der Waals surface area contributed by atoms with E-state index in [2.05, 4.69) is 130 Å². The Morgan fingerprint density at radius 2 is 0.686 bits per heavy atom. The van der Waals surface area contributed by atoms with Crippen molar-refractivity contribution in [3.8, 4) is 67.9 Å². The minimum atomic E-state index is 0.499. The molecule has 5 nitrogen and oxygen atoms in total. The molecule has 8 aromatic rings. The highest BCUT2D eigenvalue weighted by molar-refractivity contribution is 5.77. The molecule has 0 fully saturated rings.